The summed E-state index contributed by atoms with van der Waals surface area (Å²) >= 11 is 0. The molecule has 66 heavy (non-hydrogen) atoms. The van der Waals surface area contributed by atoms with Gasteiger partial charge >= 0.3 is 0 Å². The fourth-order valence-corrected chi connectivity index (χ4v) is 12.8. The quantitative estimate of drug-likeness (QED) is 0.152. The van der Waals surface area contributed by atoms with Crippen LogP contribution in [0.3, 0.4) is 0 Å². The zero-order valence-electron chi connectivity index (χ0n) is 37.0. The van der Waals surface area contributed by atoms with Crippen LogP contribution in [0.2, 0.25) is 0 Å². The summed E-state index contributed by atoms with van der Waals surface area (Å²) < 4.78 is 2.53. The molecule has 2 heterocycles. The maximum atomic E-state index is 2.53. The Morgan fingerprint density at radius 3 is 1.85 bits per heavy atom. The fourth-order valence-electron chi connectivity index (χ4n) is 12.8. The molecule has 10 aromatic carbocycles. The Kier molecular flexibility index (Phi) is 7.79. The summed E-state index contributed by atoms with van der Waals surface area (Å²) in [6.45, 7) is 4.78. The number of fused-ring (bicyclic) bond motifs is 15. The van der Waals surface area contributed by atoms with Crippen LogP contribution in [0.15, 0.2) is 231 Å². The molecule has 0 amide bonds. The highest BCUT2D eigenvalue weighted by atomic mass is 15.0. The first kappa shape index (κ1) is 37.4. The van der Waals surface area contributed by atoms with Gasteiger partial charge in [-0.25, -0.2) is 0 Å². The molecule has 1 spiro atoms. The molecule has 0 saturated heterocycles. The monoisotopic (exact) mass is 839 g/mol. The Labute approximate surface area is 385 Å². The van der Waals surface area contributed by atoms with Crippen molar-refractivity contribution in [3.05, 3.63) is 281 Å². The molecule has 1 nitrogen and oxygen atoms in total. The van der Waals surface area contributed by atoms with E-state index < -0.39 is 5.41 Å². The first-order valence-electron chi connectivity index (χ1n) is 23.4. The molecule has 0 radical (unpaired) electrons. The molecule has 0 N–H and O–H groups in total. The number of para-hydroxylation sites is 3. The van der Waals surface area contributed by atoms with Gasteiger partial charge in [-0.1, -0.05) is 226 Å². The molecule has 1 heteroatoms. The van der Waals surface area contributed by atoms with Crippen molar-refractivity contribution >= 4 is 21.8 Å². The molecule has 14 rings (SSSR count). The van der Waals surface area contributed by atoms with Gasteiger partial charge in [-0.15, -0.1) is 0 Å². The van der Waals surface area contributed by atoms with Crippen LogP contribution in [-0.4, -0.2) is 4.57 Å². The van der Waals surface area contributed by atoms with Gasteiger partial charge in [0.2, 0.25) is 0 Å². The van der Waals surface area contributed by atoms with Crippen LogP contribution in [0.1, 0.15) is 69.8 Å². The van der Waals surface area contributed by atoms with Crippen molar-refractivity contribution in [3.8, 4) is 50.2 Å². The summed E-state index contributed by atoms with van der Waals surface area (Å²) in [7, 11) is 0. The van der Waals surface area contributed by atoms with E-state index in [9.17, 15) is 0 Å². The predicted octanol–water partition coefficient (Wildman–Crippen LogP) is 16.3. The second-order valence-electron chi connectivity index (χ2n) is 19.1. The Morgan fingerprint density at radius 1 is 0.364 bits per heavy atom. The lowest BCUT2D eigenvalue weighted by Gasteiger charge is -2.39. The molecule has 0 saturated carbocycles. The van der Waals surface area contributed by atoms with Gasteiger partial charge in [0, 0.05) is 22.1 Å². The molecule has 310 valence electrons. The lowest BCUT2D eigenvalue weighted by Crippen LogP contribution is -2.33. The Bertz CT molecular complexity index is 3810. The number of benzene rings is 10. The van der Waals surface area contributed by atoms with Crippen molar-refractivity contribution in [2.45, 2.75) is 30.6 Å². The molecule has 1 aromatic heterocycles. The van der Waals surface area contributed by atoms with Crippen molar-refractivity contribution in [2.24, 2.45) is 0 Å². The minimum Gasteiger partial charge on any atom is -0.309 e. The van der Waals surface area contributed by atoms with Gasteiger partial charge in [0.1, 0.15) is 0 Å². The third-order valence-corrected chi connectivity index (χ3v) is 15.6. The van der Waals surface area contributed by atoms with E-state index in [1.54, 1.807) is 0 Å². The van der Waals surface area contributed by atoms with Gasteiger partial charge in [0.05, 0.1) is 22.1 Å². The predicted molar refractivity (Wildman–Crippen MR) is 274 cm³/mol. The average Bonchev–Trinajstić information content (AvgIpc) is 3.96. The topological polar surface area (TPSA) is 4.93 Å². The van der Waals surface area contributed by atoms with Gasteiger partial charge < -0.3 is 4.57 Å². The summed E-state index contributed by atoms with van der Waals surface area (Å²) in [5.74, 6) is -0.0432. The van der Waals surface area contributed by atoms with Crippen LogP contribution in [0.4, 0.5) is 0 Å². The largest absolute Gasteiger partial charge is 0.309 e. The van der Waals surface area contributed by atoms with Gasteiger partial charge in [-0.3, -0.25) is 0 Å². The van der Waals surface area contributed by atoms with Crippen molar-refractivity contribution in [1.82, 2.24) is 4.57 Å². The minimum atomic E-state index is -0.490. The lowest BCUT2D eigenvalue weighted by atomic mass is 9.65. The molecule has 3 aliphatic rings. The van der Waals surface area contributed by atoms with Gasteiger partial charge in [-0.2, -0.15) is 0 Å². The van der Waals surface area contributed by atoms with Crippen LogP contribution in [0, 0.1) is 0 Å². The van der Waals surface area contributed by atoms with E-state index in [2.05, 4.69) is 249 Å². The minimum absolute atomic E-state index is 0.0432. The van der Waals surface area contributed by atoms with E-state index in [0.29, 0.717) is 0 Å². The average molecular weight is 840 g/mol. The van der Waals surface area contributed by atoms with Gasteiger partial charge in [-0.05, 0) is 113 Å². The van der Waals surface area contributed by atoms with Crippen molar-refractivity contribution < 1.29 is 0 Å². The first-order chi connectivity index (χ1) is 32.5. The van der Waals surface area contributed by atoms with Crippen LogP contribution in [-0.2, 0) is 10.8 Å². The van der Waals surface area contributed by atoms with E-state index in [-0.39, 0.29) is 11.3 Å². The summed E-state index contributed by atoms with van der Waals surface area (Å²) in [6, 6.07) is 87.1. The normalized spacial score (nSPS) is 16.2. The van der Waals surface area contributed by atoms with Crippen LogP contribution >= 0.6 is 0 Å². The van der Waals surface area contributed by atoms with E-state index in [0.717, 1.165) is 0 Å². The van der Waals surface area contributed by atoms with Crippen LogP contribution in [0.5, 0.6) is 0 Å². The molecule has 2 atom stereocenters. The third kappa shape index (κ3) is 4.90. The zero-order valence-corrected chi connectivity index (χ0v) is 37.0. The molecule has 2 unspecified atom stereocenters. The molecular formula is C65H45N. The molecule has 2 aliphatic carbocycles. The number of aromatic nitrogens is 1. The summed E-state index contributed by atoms with van der Waals surface area (Å²) in [5.41, 5.74) is 25.5. The standard InChI is InChI=1S/C65H45N/c1-64(2)53-30-11-9-27-50(53)62-51(29-18-33-57(62)64)61(44-22-16-21-42(39-44)41-19-4-3-5-20-41)48-26-7-6-23-45(48)43-37-38-55-52(40-43)46-24-8-12-31-54(46)65(55)56-32-13-15-36-60(56)66-59-35-14-10-25-47(59)49-28-17-34-58(65)63(49)66/h3-40,61H,1-2H3. The Morgan fingerprint density at radius 2 is 0.970 bits per heavy atom. The lowest BCUT2D eigenvalue weighted by molar-refractivity contribution is 0.659. The second-order valence-corrected chi connectivity index (χ2v) is 19.1. The molecule has 1 aliphatic heterocycles. The number of rotatable bonds is 5. The molecule has 11 aromatic rings. The summed E-state index contributed by atoms with van der Waals surface area (Å²) in [4.78, 5) is 0. The Balaban J connectivity index is 1.02. The van der Waals surface area contributed by atoms with E-state index in [1.165, 1.54) is 122 Å². The second kappa shape index (κ2) is 13.8. The fraction of sp³-hybridized carbons (Fsp3) is 0.0769. The maximum absolute atomic E-state index is 2.53. The maximum Gasteiger partial charge on any atom is 0.0754 e. The van der Waals surface area contributed by atoms with Crippen molar-refractivity contribution in [3.63, 3.8) is 0 Å². The third-order valence-electron chi connectivity index (χ3n) is 15.6. The highest BCUT2D eigenvalue weighted by Gasteiger charge is 2.51. The number of hydrogen-bond donors (Lipinski definition) is 0. The smallest absolute Gasteiger partial charge is 0.0754 e. The summed E-state index contributed by atoms with van der Waals surface area (Å²) in [6.07, 6.45) is 0. The number of nitrogens with zero attached hydrogens (tertiary/aromatic N) is 1. The molecule has 0 fully saturated rings. The van der Waals surface area contributed by atoms with Crippen LogP contribution < -0.4 is 0 Å². The van der Waals surface area contributed by atoms with E-state index in [1.807, 2.05) is 0 Å². The van der Waals surface area contributed by atoms with Gasteiger partial charge in [0.25, 0.3) is 0 Å². The Hall–Kier alpha value is -8.00. The highest BCUT2D eigenvalue weighted by Crippen LogP contribution is 2.62. The SMILES string of the molecule is CC1(C)c2ccccc2-c2c(C(c3cccc(-c4ccccc4)c3)c3ccccc3-c3ccc4c(c3)-c3ccccc3C43c4ccccc4-n4c5ccccc5c5cccc3c54)cccc21. The van der Waals surface area contributed by atoms with E-state index in [4.69, 9.17) is 0 Å². The zero-order chi connectivity index (χ0) is 43.7. The highest BCUT2D eigenvalue weighted by molar-refractivity contribution is 6.13. The van der Waals surface area contributed by atoms with Crippen molar-refractivity contribution in [1.29, 1.82) is 0 Å². The summed E-state index contributed by atoms with van der Waals surface area (Å²) in [5, 5.41) is 2.59. The van der Waals surface area contributed by atoms with E-state index >= 15 is 0 Å². The first-order valence-corrected chi connectivity index (χ1v) is 23.4. The molecule has 0 bridgehead atoms. The molecular weight excluding hydrogens is 795 g/mol. The van der Waals surface area contributed by atoms with Gasteiger partial charge in [0.15, 0.2) is 0 Å². The number of hydrogen-bond acceptors (Lipinski definition) is 0. The van der Waals surface area contributed by atoms with Crippen LogP contribution in [0.25, 0.3) is 72.0 Å². The van der Waals surface area contributed by atoms with Crippen molar-refractivity contribution in [2.75, 3.05) is 0 Å².